The second-order valence-corrected chi connectivity index (χ2v) is 6.95. The molecular formula is C21H17N3OS. The minimum Gasteiger partial charge on any atom is -0.297 e. The van der Waals surface area contributed by atoms with Crippen LogP contribution in [0.3, 0.4) is 0 Å². The number of aromatic nitrogens is 1. The maximum atomic E-state index is 12.3. The molecule has 3 aromatic rings. The second-order valence-electron chi connectivity index (χ2n) is 5.83. The number of benzene rings is 2. The largest absolute Gasteiger partial charge is 0.297 e. The van der Waals surface area contributed by atoms with Gasteiger partial charge in [-0.3, -0.25) is 10.1 Å². The van der Waals surface area contributed by atoms with Crippen LogP contribution in [0.1, 0.15) is 21.6 Å². The first-order chi connectivity index (χ1) is 12.6. The van der Waals surface area contributed by atoms with Crippen molar-refractivity contribution >= 4 is 28.5 Å². The van der Waals surface area contributed by atoms with Gasteiger partial charge in [0.25, 0.3) is 5.91 Å². The van der Waals surface area contributed by atoms with Crippen LogP contribution in [0.4, 0.5) is 5.13 Å². The number of hydrogen-bond acceptors (Lipinski definition) is 4. The number of thiazole rings is 1. The normalized spacial score (nSPS) is 11.0. The Morgan fingerprint density at radius 1 is 1.23 bits per heavy atom. The van der Waals surface area contributed by atoms with Gasteiger partial charge >= 0.3 is 0 Å². The van der Waals surface area contributed by atoms with E-state index in [1.54, 1.807) is 12.3 Å². The summed E-state index contributed by atoms with van der Waals surface area (Å²) in [4.78, 5) is 17.6. The third-order valence-corrected chi connectivity index (χ3v) is 4.62. The summed E-state index contributed by atoms with van der Waals surface area (Å²) in [6.45, 7) is 2.06. The van der Waals surface area contributed by atoms with E-state index in [1.165, 1.54) is 22.5 Å². The minimum absolute atomic E-state index is 0.0478. The molecule has 5 heteroatoms. The van der Waals surface area contributed by atoms with Gasteiger partial charge in [-0.2, -0.15) is 5.26 Å². The van der Waals surface area contributed by atoms with E-state index < -0.39 is 5.91 Å². The molecule has 128 valence electrons. The van der Waals surface area contributed by atoms with Crippen LogP contribution in [0.15, 0.2) is 66.4 Å². The van der Waals surface area contributed by atoms with E-state index in [4.69, 9.17) is 0 Å². The Morgan fingerprint density at radius 3 is 2.77 bits per heavy atom. The third kappa shape index (κ3) is 4.65. The van der Waals surface area contributed by atoms with Crippen molar-refractivity contribution in [2.24, 2.45) is 0 Å². The fourth-order valence-electron chi connectivity index (χ4n) is 2.50. The van der Waals surface area contributed by atoms with Crippen molar-refractivity contribution in [3.63, 3.8) is 0 Å². The molecule has 1 heterocycles. The van der Waals surface area contributed by atoms with Gasteiger partial charge in [-0.15, -0.1) is 11.3 Å². The first-order valence-electron chi connectivity index (χ1n) is 8.12. The highest BCUT2D eigenvalue weighted by Crippen LogP contribution is 2.22. The van der Waals surface area contributed by atoms with E-state index in [0.29, 0.717) is 5.13 Å². The second kappa shape index (κ2) is 8.24. The number of carbonyl (C=O) groups is 1. The SMILES string of the molecule is Cc1cccc(Cc2cnc(NC(=O)/C(C#N)=C/c3ccccc3)s2)c1. The molecule has 26 heavy (non-hydrogen) atoms. The van der Waals surface area contributed by atoms with Gasteiger partial charge in [0.1, 0.15) is 11.6 Å². The van der Waals surface area contributed by atoms with E-state index in [1.807, 2.05) is 42.5 Å². The molecular weight excluding hydrogens is 342 g/mol. The molecule has 0 aliphatic rings. The number of nitrogens with zero attached hydrogens (tertiary/aromatic N) is 2. The number of anilines is 1. The molecule has 0 unspecified atom stereocenters. The maximum absolute atomic E-state index is 12.3. The number of rotatable bonds is 5. The highest BCUT2D eigenvalue weighted by atomic mass is 32.1. The Morgan fingerprint density at radius 2 is 2.04 bits per heavy atom. The molecule has 3 rings (SSSR count). The van der Waals surface area contributed by atoms with Gasteiger partial charge in [0.05, 0.1) is 0 Å². The van der Waals surface area contributed by atoms with Gasteiger partial charge in [-0.1, -0.05) is 60.2 Å². The molecule has 0 bridgehead atoms. The Hall–Kier alpha value is -3.23. The minimum atomic E-state index is -0.451. The number of aryl methyl sites for hydroxylation is 1. The van der Waals surface area contributed by atoms with Crippen LogP contribution in [0.5, 0.6) is 0 Å². The lowest BCUT2D eigenvalue weighted by molar-refractivity contribution is -0.112. The van der Waals surface area contributed by atoms with Gasteiger partial charge < -0.3 is 0 Å². The number of amides is 1. The molecule has 2 aromatic carbocycles. The van der Waals surface area contributed by atoms with E-state index in [9.17, 15) is 10.1 Å². The smallest absolute Gasteiger partial charge is 0.268 e. The lowest BCUT2D eigenvalue weighted by Crippen LogP contribution is -2.13. The molecule has 0 atom stereocenters. The summed E-state index contributed by atoms with van der Waals surface area (Å²) in [6.07, 6.45) is 4.09. The standard InChI is InChI=1S/C21H17N3OS/c1-15-6-5-9-17(10-15)12-19-14-23-21(26-19)24-20(25)18(13-22)11-16-7-3-2-4-8-16/h2-11,14H,12H2,1H3,(H,23,24,25)/b18-11+. The molecule has 1 amide bonds. The van der Waals surface area contributed by atoms with E-state index >= 15 is 0 Å². The van der Waals surface area contributed by atoms with Gasteiger partial charge in [0, 0.05) is 17.5 Å². The number of hydrogen-bond donors (Lipinski definition) is 1. The summed E-state index contributed by atoms with van der Waals surface area (Å²) < 4.78 is 0. The van der Waals surface area contributed by atoms with Crippen molar-refractivity contribution in [1.29, 1.82) is 5.26 Å². The zero-order chi connectivity index (χ0) is 18.4. The monoisotopic (exact) mass is 359 g/mol. The van der Waals surface area contributed by atoms with E-state index in [-0.39, 0.29) is 5.57 Å². The molecule has 0 saturated carbocycles. The lowest BCUT2D eigenvalue weighted by Gasteiger charge is -2.01. The fourth-order valence-corrected chi connectivity index (χ4v) is 3.34. The maximum Gasteiger partial charge on any atom is 0.268 e. The van der Waals surface area contributed by atoms with Crippen LogP contribution in [-0.2, 0) is 11.2 Å². The van der Waals surface area contributed by atoms with Crippen LogP contribution < -0.4 is 5.32 Å². The van der Waals surface area contributed by atoms with Crippen molar-refractivity contribution in [2.75, 3.05) is 5.32 Å². The van der Waals surface area contributed by atoms with Gasteiger partial charge in [-0.05, 0) is 24.1 Å². The summed E-state index contributed by atoms with van der Waals surface area (Å²) in [6, 6.07) is 19.5. The summed E-state index contributed by atoms with van der Waals surface area (Å²) >= 11 is 1.42. The predicted octanol–water partition coefficient (Wildman–Crippen LogP) is 4.59. The van der Waals surface area contributed by atoms with Gasteiger partial charge in [0.2, 0.25) is 0 Å². The van der Waals surface area contributed by atoms with Crippen LogP contribution in [0.2, 0.25) is 0 Å². The van der Waals surface area contributed by atoms with Crippen LogP contribution >= 0.6 is 11.3 Å². The average Bonchev–Trinajstić information content (AvgIpc) is 3.07. The lowest BCUT2D eigenvalue weighted by atomic mass is 10.1. The Balaban J connectivity index is 1.69. The Kier molecular flexibility index (Phi) is 5.57. The molecule has 0 radical (unpaired) electrons. The molecule has 0 aliphatic heterocycles. The van der Waals surface area contributed by atoms with Gasteiger partial charge in [-0.25, -0.2) is 4.98 Å². The quantitative estimate of drug-likeness (QED) is 0.535. The van der Waals surface area contributed by atoms with Crippen LogP contribution in [0, 0.1) is 18.3 Å². The Bertz CT molecular complexity index is 984. The topological polar surface area (TPSA) is 65.8 Å². The first kappa shape index (κ1) is 17.6. The highest BCUT2D eigenvalue weighted by molar-refractivity contribution is 7.15. The van der Waals surface area contributed by atoms with Crippen molar-refractivity contribution < 1.29 is 4.79 Å². The Labute approximate surface area is 156 Å². The summed E-state index contributed by atoms with van der Waals surface area (Å²) in [5, 5.41) is 12.5. The van der Waals surface area contributed by atoms with Crippen molar-refractivity contribution in [3.8, 4) is 6.07 Å². The number of nitrogens with one attached hydrogen (secondary N) is 1. The van der Waals surface area contributed by atoms with Gasteiger partial charge in [0.15, 0.2) is 5.13 Å². The summed E-state index contributed by atoms with van der Waals surface area (Å²) in [7, 11) is 0. The average molecular weight is 359 g/mol. The molecule has 0 fully saturated rings. The molecule has 1 aromatic heterocycles. The van der Waals surface area contributed by atoms with E-state index in [0.717, 1.165) is 16.9 Å². The van der Waals surface area contributed by atoms with Crippen molar-refractivity contribution in [2.45, 2.75) is 13.3 Å². The van der Waals surface area contributed by atoms with Crippen LogP contribution in [-0.4, -0.2) is 10.9 Å². The zero-order valence-electron chi connectivity index (χ0n) is 14.3. The summed E-state index contributed by atoms with van der Waals surface area (Å²) in [5.74, 6) is -0.451. The fraction of sp³-hybridized carbons (Fsp3) is 0.0952. The van der Waals surface area contributed by atoms with Crippen LogP contribution in [0.25, 0.3) is 6.08 Å². The molecule has 0 spiro atoms. The molecule has 1 N–H and O–H groups in total. The highest BCUT2D eigenvalue weighted by Gasteiger charge is 2.12. The van der Waals surface area contributed by atoms with Crippen molar-refractivity contribution in [3.05, 3.63) is 87.9 Å². The molecule has 4 nitrogen and oxygen atoms in total. The number of carbonyl (C=O) groups excluding carboxylic acids is 1. The molecule has 0 saturated heterocycles. The predicted molar refractivity (Wildman–Crippen MR) is 105 cm³/mol. The van der Waals surface area contributed by atoms with Crippen molar-refractivity contribution in [1.82, 2.24) is 4.98 Å². The first-order valence-corrected chi connectivity index (χ1v) is 8.94. The van der Waals surface area contributed by atoms with E-state index in [2.05, 4.69) is 35.4 Å². The zero-order valence-corrected chi connectivity index (χ0v) is 15.1. The number of nitriles is 1. The molecule has 0 aliphatic carbocycles. The summed E-state index contributed by atoms with van der Waals surface area (Å²) in [5.41, 5.74) is 3.27. The third-order valence-electron chi connectivity index (χ3n) is 3.71.